The molecular formula is C15H16N2O. The van der Waals surface area contributed by atoms with Gasteiger partial charge in [0.25, 0.3) is 0 Å². The Morgan fingerprint density at radius 3 is 2.89 bits per heavy atom. The lowest BCUT2D eigenvalue weighted by atomic mass is 10.1. The van der Waals surface area contributed by atoms with Gasteiger partial charge < -0.3 is 9.88 Å². The number of benzene rings is 1. The lowest BCUT2D eigenvalue weighted by Gasteiger charge is -2.14. The molecule has 92 valence electrons. The van der Waals surface area contributed by atoms with Crippen molar-refractivity contribution in [2.75, 3.05) is 7.05 Å². The highest BCUT2D eigenvalue weighted by molar-refractivity contribution is 5.74. The molecule has 0 amide bonds. The molecule has 3 heteroatoms. The smallest absolute Gasteiger partial charge is 0.186 e. The van der Waals surface area contributed by atoms with Crippen molar-refractivity contribution in [2.24, 2.45) is 7.05 Å². The average molecular weight is 240 g/mol. The minimum absolute atomic E-state index is 0.157. The molecule has 1 aliphatic carbocycles. The molecule has 1 aliphatic rings. The first kappa shape index (κ1) is 11.2. The molecule has 0 unspecified atom stereocenters. The quantitative estimate of drug-likeness (QED) is 0.739. The van der Waals surface area contributed by atoms with Gasteiger partial charge in [-0.25, -0.2) is 0 Å². The first-order valence-corrected chi connectivity index (χ1v) is 6.17. The van der Waals surface area contributed by atoms with Gasteiger partial charge in [-0.2, -0.15) is 0 Å². The third-order valence-electron chi connectivity index (χ3n) is 3.64. The number of rotatable bonds is 2. The maximum absolute atomic E-state index is 12.2. The highest BCUT2D eigenvalue weighted by Crippen LogP contribution is 2.34. The molecule has 0 fully saturated rings. The summed E-state index contributed by atoms with van der Waals surface area (Å²) in [5.41, 5.74) is 5.65. The molecule has 1 aromatic heterocycles. The van der Waals surface area contributed by atoms with Crippen LogP contribution in [0.2, 0.25) is 0 Å². The van der Waals surface area contributed by atoms with Crippen molar-refractivity contribution in [3.8, 4) is 11.3 Å². The zero-order chi connectivity index (χ0) is 12.7. The molecule has 0 saturated carbocycles. The van der Waals surface area contributed by atoms with Crippen molar-refractivity contribution in [2.45, 2.75) is 13.0 Å². The maximum Gasteiger partial charge on any atom is 0.186 e. The summed E-state index contributed by atoms with van der Waals surface area (Å²) >= 11 is 0. The molecule has 2 aromatic rings. The summed E-state index contributed by atoms with van der Waals surface area (Å²) in [4.78, 5) is 12.2. The molecule has 1 N–H and O–H groups in total. The fourth-order valence-corrected chi connectivity index (χ4v) is 2.76. The minimum Gasteiger partial charge on any atom is -0.346 e. The van der Waals surface area contributed by atoms with E-state index < -0.39 is 0 Å². The maximum atomic E-state index is 12.2. The molecule has 18 heavy (non-hydrogen) atoms. The Labute approximate surface area is 106 Å². The van der Waals surface area contributed by atoms with Crippen LogP contribution in [0.15, 0.2) is 35.1 Å². The van der Waals surface area contributed by atoms with Gasteiger partial charge in [0, 0.05) is 42.9 Å². The number of hydrogen-bond acceptors (Lipinski definition) is 2. The van der Waals surface area contributed by atoms with Crippen molar-refractivity contribution < 1.29 is 0 Å². The Hall–Kier alpha value is -1.87. The van der Waals surface area contributed by atoms with Gasteiger partial charge in [-0.15, -0.1) is 0 Å². The van der Waals surface area contributed by atoms with Crippen LogP contribution in [0.3, 0.4) is 0 Å². The number of hydrogen-bond donors (Lipinski definition) is 1. The fourth-order valence-electron chi connectivity index (χ4n) is 2.76. The standard InChI is InChI=1S/C15H16N2O/c1-16-9-11-8-14(18)13-7-10-5-3-4-6-12(10)15(13)17(11)2/h3-6,8,16H,7,9H2,1-2H3. The fraction of sp³-hybridized carbons (Fsp3) is 0.267. The average Bonchev–Trinajstić information content (AvgIpc) is 2.76. The number of nitrogens with one attached hydrogen (secondary N) is 1. The zero-order valence-corrected chi connectivity index (χ0v) is 10.7. The van der Waals surface area contributed by atoms with Crippen LogP contribution >= 0.6 is 0 Å². The molecule has 0 aliphatic heterocycles. The Morgan fingerprint density at radius 1 is 1.33 bits per heavy atom. The van der Waals surface area contributed by atoms with E-state index in [0.29, 0.717) is 6.54 Å². The normalized spacial score (nSPS) is 12.3. The van der Waals surface area contributed by atoms with Gasteiger partial charge in [0.2, 0.25) is 0 Å². The molecule has 0 saturated heterocycles. The molecule has 0 radical (unpaired) electrons. The summed E-state index contributed by atoms with van der Waals surface area (Å²) in [5, 5.41) is 3.11. The monoisotopic (exact) mass is 240 g/mol. The number of fused-ring (bicyclic) bond motifs is 3. The SMILES string of the molecule is CNCc1cc(=O)c2c(n1C)-c1ccccc1C2. The molecule has 0 bridgehead atoms. The largest absolute Gasteiger partial charge is 0.346 e. The van der Waals surface area contributed by atoms with E-state index in [2.05, 4.69) is 22.0 Å². The molecule has 0 spiro atoms. The van der Waals surface area contributed by atoms with Crippen molar-refractivity contribution in [3.05, 3.63) is 57.4 Å². The van der Waals surface area contributed by atoms with Crippen LogP contribution in [-0.2, 0) is 20.0 Å². The predicted molar refractivity (Wildman–Crippen MR) is 72.7 cm³/mol. The van der Waals surface area contributed by atoms with E-state index in [-0.39, 0.29) is 5.43 Å². The van der Waals surface area contributed by atoms with Gasteiger partial charge >= 0.3 is 0 Å². The van der Waals surface area contributed by atoms with E-state index in [4.69, 9.17) is 0 Å². The predicted octanol–water partition coefficient (Wildman–Crippen LogP) is 1.68. The minimum atomic E-state index is 0.157. The molecule has 0 atom stereocenters. The highest BCUT2D eigenvalue weighted by atomic mass is 16.1. The van der Waals surface area contributed by atoms with Gasteiger partial charge in [0.1, 0.15) is 0 Å². The second-order valence-corrected chi connectivity index (χ2v) is 4.75. The van der Waals surface area contributed by atoms with Crippen LogP contribution in [0, 0.1) is 0 Å². The second kappa shape index (κ2) is 4.10. The first-order chi connectivity index (χ1) is 8.72. The highest BCUT2D eigenvalue weighted by Gasteiger charge is 2.23. The van der Waals surface area contributed by atoms with Gasteiger partial charge in [-0.05, 0) is 12.6 Å². The van der Waals surface area contributed by atoms with Crippen LogP contribution in [-0.4, -0.2) is 11.6 Å². The van der Waals surface area contributed by atoms with Gasteiger partial charge in [0.15, 0.2) is 5.43 Å². The van der Waals surface area contributed by atoms with Crippen molar-refractivity contribution in [1.29, 1.82) is 0 Å². The molecule has 3 nitrogen and oxygen atoms in total. The van der Waals surface area contributed by atoms with Crippen LogP contribution in [0.25, 0.3) is 11.3 Å². The van der Waals surface area contributed by atoms with E-state index in [0.717, 1.165) is 23.4 Å². The van der Waals surface area contributed by atoms with Crippen LogP contribution in [0.1, 0.15) is 16.8 Å². The Kier molecular flexibility index (Phi) is 2.56. The zero-order valence-electron chi connectivity index (χ0n) is 10.7. The summed E-state index contributed by atoms with van der Waals surface area (Å²) < 4.78 is 2.14. The number of aromatic nitrogens is 1. The van der Waals surface area contributed by atoms with Crippen molar-refractivity contribution >= 4 is 0 Å². The van der Waals surface area contributed by atoms with E-state index >= 15 is 0 Å². The van der Waals surface area contributed by atoms with Crippen LogP contribution in [0.5, 0.6) is 0 Å². The Bertz CT molecular complexity index is 671. The van der Waals surface area contributed by atoms with Gasteiger partial charge in [-0.1, -0.05) is 24.3 Å². The number of pyridine rings is 1. The molecule has 1 heterocycles. The third kappa shape index (κ3) is 1.51. The summed E-state index contributed by atoms with van der Waals surface area (Å²) in [6.07, 6.45) is 0.762. The van der Waals surface area contributed by atoms with Gasteiger partial charge in [0.05, 0.1) is 5.69 Å². The summed E-state index contributed by atoms with van der Waals surface area (Å²) in [6.45, 7) is 0.710. The number of nitrogens with zero attached hydrogens (tertiary/aromatic N) is 1. The molecule has 3 rings (SSSR count). The van der Waals surface area contributed by atoms with Gasteiger partial charge in [-0.3, -0.25) is 4.79 Å². The van der Waals surface area contributed by atoms with E-state index in [1.54, 1.807) is 6.07 Å². The molecule has 1 aromatic carbocycles. The first-order valence-electron chi connectivity index (χ1n) is 6.17. The second-order valence-electron chi connectivity index (χ2n) is 4.75. The lowest BCUT2D eigenvalue weighted by molar-refractivity contribution is 0.722. The van der Waals surface area contributed by atoms with E-state index in [1.807, 2.05) is 26.2 Å². The summed E-state index contributed by atoms with van der Waals surface area (Å²) in [7, 11) is 3.93. The van der Waals surface area contributed by atoms with Crippen LogP contribution < -0.4 is 10.7 Å². The lowest BCUT2D eigenvalue weighted by Crippen LogP contribution is -2.19. The van der Waals surface area contributed by atoms with E-state index in [1.165, 1.54) is 11.1 Å². The Morgan fingerprint density at radius 2 is 2.11 bits per heavy atom. The topological polar surface area (TPSA) is 34.0 Å². The summed E-state index contributed by atoms with van der Waals surface area (Å²) in [5.74, 6) is 0. The van der Waals surface area contributed by atoms with Crippen LogP contribution in [0.4, 0.5) is 0 Å². The van der Waals surface area contributed by atoms with Crippen molar-refractivity contribution in [1.82, 2.24) is 9.88 Å². The van der Waals surface area contributed by atoms with E-state index in [9.17, 15) is 4.79 Å². The molecular weight excluding hydrogens is 224 g/mol. The summed E-state index contributed by atoms with van der Waals surface area (Å²) in [6, 6.07) is 10.0. The third-order valence-corrected chi connectivity index (χ3v) is 3.64. The van der Waals surface area contributed by atoms with Crippen molar-refractivity contribution in [3.63, 3.8) is 0 Å². The Balaban J connectivity index is 2.30.